The standard InChI is InChI=1S/C19H22N2O4.ClH/c20-11-15-9-13(12-25-15)18(22)21-19(5-1-2-6-19)14-3-4-16-17(10-14)24-8-7-23-16;/h3-4,9-10,12H,1-2,5-8,11,20H2,(H,21,22);1H. The van der Waals surface area contributed by atoms with E-state index in [4.69, 9.17) is 19.6 Å². The highest BCUT2D eigenvalue weighted by atomic mass is 35.5. The van der Waals surface area contributed by atoms with Crippen molar-refractivity contribution in [1.29, 1.82) is 0 Å². The number of hydrogen-bond donors (Lipinski definition) is 2. The third-order valence-electron chi connectivity index (χ3n) is 5.02. The lowest BCUT2D eigenvalue weighted by Crippen LogP contribution is -2.43. The fourth-order valence-electron chi connectivity index (χ4n) is 3.70. The minimum Gasteiger partial charge on any atom is -0.486 e. The molecule has 4 rings (SSSR count). The fourth-order valence-corrected chi connectivity index (χ4v) is 3.70. The summed E-state index contributed by atoms with van der Waals surface area (Å²) in [5, 5.41) is 3.23. The minimum atomic E-state index is -0.382. The van der Waals surface area contributed by atoms with Crippen LogP contribution in [0.15, 0.2) is 34.9 Å². The molecular weight excluding hydrogens is 356 g/mol. The Kier molecular flexibility index (Phi) is 5.44. The SMILES string of the molecule is Cl.NCc1cc(C(=O)NC2(c3ccc4c(c3)OCCO4)CCCC2)co1. The van der Waals surface area contributed by atoms with Gasteiger partial charge in [0.1, 0.15) is 25.2 Å². The Morgan fingerprint density at radius 3 is 2.54 bits per heavy atom. The summed E-state index contributed by atoms with van der Waals surface area (Å²) in [6.45, 7) is 1.39. The minimum absolute atomic E-state index is 0. The van der Waals surface area contributed by atoms with E-state index in [1.807, 2.05) is 18.2 Å². The van der Waals surface area contributed by atoms with Gasteiger partial charge in [-0.15, -0.1) is 12.4 Å². The summed E-state index contributed by atoms with van der Waals surface area (Å²) < 4.78 is 16.6. The van der Waals surface area contributed by atoms with Crippen molar-refractivity contribution in [2.75, 3.05) is 13.2 Å². The van der Waals surface area contributed by atoms with E-state index in [1.165, 1.54) is 6.26 Å². The maximum Gasteiger partial charge on any atom is 0.255 e. The maximum atomic E-state index is 12.7. The number of hydrogen-bond acceptors (Lipinski definition) is 5. The zero-order valence-electron chi connectivity index (χ0n) is 14.5. The van der Waals surface area contributed by atoms with Gasteiger partial charge in [-0.05, 0) is 36.6 Å². The molecule has 0 saturated heterocycles. The first-order valence-corrected chi connectivity index (χ1v) is 8.70. The molecule has 0 bridgehead atoms. The van der Waals surface area contributed by atoms with E-state index < -0.39 is 0 Å². The van der Waals surface area contributed by atoms with Gasteiger partial charge in [-0.3, -0.25) is 4.79 Å². The monoisotopic (exact) mass is 378 g/mol. The molecule has 1 aromatic carbocycles. The van der Waals surface area contributed by atoms with Crippen LogP contribution in [0.25, 0.3) is 0 Å². The van der Waals surface area contributed by atoms with Crippen LogP contribution >= 0.6 is 12.4 Å². The Labute approximate surface area is 158 Å². The molecule has 2 heterocycles. The Balaban J connectivity index is 0.00000196. The number of carbonyl (C=O) groups excluding carboxylic acids is 1. The fraction of sp³-hybridized carbons (Fsp3) is 0.421. The largest absolute Gasteiger partial charge is 0.486 e. The predicted molar refractivity (Wildman–Crippen MR) is 98.9 cm³/mol. The molecule has 2 aromatic rings. The quantitative estimate of drug-likeness (QED) is 0.853. The van der Waals surface area contributed by atoms with E-state index >= 15 is 0 Å². The summed E-state index contributed by atoms with van der Waals surface area (Å²) in [6.07, 6.45) is 5.42. The van der Waals surface area contributed by atoms with Gasteiger partial charge in [-0.2, -0.15) is 0 Å². The second-order valence-electron chi connectivity index (χ2n) is 6.61. The summed E-state index contributed by atoms with van der Waals surface area (Å²) >= 11 is 0. The number of benzene rings is 1. The Hall–Kier alpha value is -2.18. The van der Waals surface area contributed by atoms with Gasteiger partial charge < -0.3 is 24.9 Å². The molecule has 0 atom stereocenters. The van der Waals surface area contributed by atoms with Crippen LogP contribution in [-0.4, -0.2) is 19.1 Å². The highest BCUT2D eigenvalue weighted by Crippen LogP contribution is 2.42. The number of nitrogens with two attached hydrogens (primary N) is 1. The average Bonchev–Trinajstić information content (AvgIpc) is 3.31. The highest BCUT2D eigenvalue weighted by molar-refractivity contribution is 5.94. The lowest BCUT2D eigenvalue weighted by atomic mass is 9.87. The first-order valence-electron chi connectivity index (χ1n) is 8.70. The highest BCUT2D eigenvalue weighted by Gasteiger charge is 2.38. The van der Waals surface area contributed by atoms with Crippen molar-refractivity contribution < 1.29 is 18.7 Å². The van der Waals surface area contributed by atoms with Crippen molar-refractivity contribution in [2.45, 2.75) is 37.8 Å². The van der Waals surface area contributed by atoms with Gasteiger partial charge in [0.15, 0.2) is 11.5 Å². The smallest absolute Gasteiger partial charge is 0.255 e. The molecule has 3 N–H and O–H groups in total. The molecule has 1 saturated carbocycles. The molecule has 140 valence electrons. The van der Waals surface area contributed by atoms with E-state index in [0.717, 1.165) is 42.7 Å². The van der Waals surface area contributed by atoms with E-state index in [2.05, 4.69) is 5.32 Å². The summed E-state index contributed by atoms with van der Waals surface area (Å²) in [4.78, 5) is 12.7. The number of nitrogens with one attached hydrogen (secondary N) is 1. The molecule has 1 aromatic heterocycles. The number of furan rings is 1. The third kappa shape index (κ3) is 3.39. The molecule has 1 fully saturated rings. The lowest BCUT2D eigenvalue weighted by Gasteiger charge is -2.32. The lowest BCUT2D eigenvalue weighted by molar-refractivity contribution is 0.0897. The van der Waals surface area contributed by atoms with Gasteiger partial charge in [0.05, 0.1) is 17.6 Å². The van der Waals surface area contributed by atoms with Crippen LogP contribution in [0.1, 0.15) is 47.4 Å². The molecule has 1 amide bonds. The van der Waals surface area contributed by atoms with Crippen LogP contribution in [0.2, 0.25) is 0 Å². The van der Waals surface area contributed by atoms with Gasteiger partial charge in [-0.1, -0.05) is 18.9 Å². The average molecular weight is 379 g/mol. The van der Waals surface area contributed by atoms with Crippen molar-refractivity contribution in [2.24, 2.45) is 5.73 Å². The Bertz CT molecular complexity index is 784. The summed E-state index contributed by atoms with van der Waals surface area (Å²) in [5.41, 5.74) is 6.74. The van der Waals surface area contributed by atoms with E-state index in [-0.39, 0.29) is 30.4 Å². The molecule has 1 aliphatic carbocycles. The number of amides is 1. The molecule has 2 aliphatic rings. The number of halogens is 1. The molecule has 0 unspecified atom stereocenters. The molecule has 0 radical (unpaired) electrons. The molecule has 6 nitrogen and oxygen atoms in total. The number of fused-ring (bicyclic) bond motifs is 1. The topological polar surface area (TPSA) is 86.7 Å². The second kappa shape index (κ2) is 7.60. The molecule has 1 aliphatic heterocycles. The molecule has 7 heteroatoms. The van der Waals surface area contributed by atoms with Gasteiger partial charge in [0.25, 0.3) is 5.91 Å². The van der Waals surface area contributed by atoms with Crippen molar-refractivity contribution in [1.82, 2.24) is 5.32 Å². The van der Waals surface area contributed by atoms with E-state index in [1.54, 1.807) is 6.07 Å². The van der Waals surface area contributed by atoms with Crippen LogP contribution in [0.5, 0.6) is 11.5 Å². The number of rotatable bonds is 4. The summed E-state index contributed by atoms with van der Waals surface area (Å²) in [5.74, 6) is 1.97. The number of ether oxygens (including phenoxy) is 2. The Morgan fingerprint density at radius 1 is 1.12 bits per heavy atom. The van der Waals surface area contributed by atoms with Crippen LogP contribution in [0.4, 0.5) is 0 Å². The van der Waals surface area contributed by atoms with Crippen molar-refractivity contribution in [3.05, 3.63) is 47.4 Å². The normalized spacial score (nSPS) is 17.4. The zero-order valence-corrected chi connectivity index (χ0v) is 15.3. The number of carbonyl (C=O) groups is 1. The van der Waals surface area contributed by atoms with Gasteiger partial charge in [-0.25, -0.2) is 0 Å². The predicted octanol–water partition coefficient (Wildman–Crippen LogP) is 3.13. The van der Waals surface area contributed by atoms with Gasteiger partial charge >= 0.3 is 0 Å². The molecule has 0 spiro atoms. The van der Waals surface area contributed by atoms with Crippen molar-refractivity contribution >= 4 is 18.3 Å². The van der Waals surface area contributed by atoms with Crippen LogP contribution in [-0.2, 0) is 12.1 Å². The van der Waals surface area contributed by atoms with Crippen molar-refractivity contribution in [3.8, 4) is 11.5 Å². The molecule has 26 heavy (non-hydrogen) atoms. The zero-order chi connectivity index (χ0) is 17.3. The van der Waals surface area contributed by atoms with Crippen molar-refractivity contribution in [3.63, 3.8) is 0 Å². The summed E-state index contributed by atoms with van der Waals surface area (Å²) in [7, 11) is 0. The van der Waals surface area contributed by atoms with Crippen LogP contribution < -0.4 is 20.5 Å². The van der Waals surface area contributed by atoms with Crippen LogP contribution in [0.3, 0.4) is 0 Å². The second-order valence-corrected chi connectivity index (χ2v) is 6.61. The Morgan fingerprint density at radius 2 is 1.85 bits per heavy atom. The van der Waals surface area contributed by atoms with E-state index in [9.17, 15) is 4.79 Å². The van der Waals surface area contributed by atoms with Crippen LogP contribution in [0, 0.1) is 0 Å². The van der Waals surface area contributed by atoms with Gasteiger partial charge in [0, 0.05) is 0 Å². The molecular formula is C19H23ClN2O4. The first kappa shape index (κ1) is 18.6. The van der Waals surface area contributed by atoms with E-state index in [0.29, 0.717) is 24.5 Å². The maximum absolute atomic E-state index is 12.7. The summed E-state index contributed by atoms with van der Waals surface area (Å²) in [6, 6.07) is 7.66. The van der Waals surface area contributed by atoms with Gasteiger partial charge in [0.2, 0.25) is 0 Å². The third-order valence-corrected chi connectivity index (χ3v) is 5.02. The first-order chi connectivity index (χ1) is 12.2.